The Bertz CT molecular complexity index is 446. The maximum absolute atomic E-state index is 11.6. The number of esters is 1. The number of phenolic OH excluding ortho intramolecular Hbond substituents is 1. The average molecular weight is 252 g/mol. The van der Waals surface area contributed by atoms with E-state index in [1.54, 1.807) is 0 Å². The summed E-state index contributed by atoms with van der Waals surface area (Å²) in [5, 5.41) is 9.43. The van der Waals surface area contributed by atoms with Gasteiger partial charge in [0.2, 0.25) is 0 Å². The number of unbranched alkanes of at least 4 members (excludes halogenated alkanes) is 1. The SMILES string of the molecule is CCCCOC(=O)c1cc(O)cc(C(=O)NN)c1. The normalized spacial score (nSPS) is 9.89. The van der Waals surface area contributed by atoms with Gasteiger partial charge in [-0.1, -0.05) is 13.3 Å². The molecule has 0 spiro atoms. The third-order valence-corrected chi connectivity index (χ3v) is 2.28. The standard InChI is InChI=1S/C12H16N2O4/c1-2-3-4-18-12(17)9-5-8(11(16)14-13)6-10(15)7-9/h5-7,15H,2-4,13H2,1H3,(H,14,16). The van der Waals surface area contributed by atoms with Crippen molar-refractivity contribution in [2.45, 2.75) is 19.8 Å². The third kappa shape index (κ3) is 3.74. The zero-order valence-corrected chi connectivity index (χ0v) is 10.1. The van der Waals surface area contributed by atoms with Gasteiger partial charge >= 0.3 is 5.97 Å². The highest BCUT2D eigenvalue weighted by Crippen LogP contribution is 2.16. The fraction of sp³-hybridized carbons (Fsp3) is 0.333. The van der Waals surface area contributed by atoms with Crippen LogP contribution >= 0.6 is 0 Å². The first-order chi connectivity index (χ1) is 8.58. The largest absolute Gasteiger partial charge is 0.508 e. The van der Waals surface area contributed by atoms with Crippen LogP contribution in [0.3, 0.4) is 0 Å². The molecule has 0 radical (unpaired) electrons. The van der Waals surface area contributed by atoms with Crippen LogP contribution < -0.4 is 11.3 Å². The molecule has 0 saturated heterocycles. The summed E-state index contributed by atoms with van der Waals surface area (Å²) in [6.07, 6.45) is 1.68. The second-order valence-electron chi connectivity index (χ2n) is 3.73. The topological polar surface area (TPSA) is 102 Å². The zero-order chi connectivity index (χ0) is 13.5. The highest BCUT2D eigenvalue weighted by molar-refractivity contribution is 5.98. The lowest BCUT2D eigenvalue weighted by Crippen LogP contribution is -2.30. The summed E-state index contributed by atoms with van der Waals surface area (Å²) in [5.41, 5.74) is 2.14. The van der Waals surface area contributed by atoms with Crippen LogP contribution in [-0.2, 0) is 4.74 Å². The lowest BCUT2D eigenvalue weighted by molar-refractivity contribution is 0.0499. The molecule has 6 nitrogen and oxygen atoms in total. The molecular weight excluding hydrogens is 236 g/mol. The lowest BCUT2D eigenvalue weighted by Gasteiger charge is -2.06. The fourth-order valence-electron chi connectivity index (χ4n) is 1.34. The van der Waals surface area contributed by atoms with Crippen molar-refractivity contribution in [2.75, 3.05) is 6.61 Å². The number of rotatable bonds is 5. The molecule has 0 aliphatic carbocycles. The van der Waals surface area contributed by atoms with Crippen molar-refractivity contribution in [1.82, 2.24) is 5.43 Å². The first-order valence-electron chi connectivity index (χ1n) is 5.60. The Labute approximate surface area is 105 Å². The summed E-state index contributed by atoms with van der Waals surface area (Å²) < 4.78 is 4.98. The summed E-state index contributed by atoms with van der Waals surface area (Å²) in [7, 11) is 0. The van der Waals surface area contributed by atoms with Gasteiger partial charge in [-0.15, -0.1) is 0 Å². The number of nitrogens with one attached hydrogen (secondary N) is 1. The Kier molecular flexibility index (Phi) is 5.13. The van der Waals surface area contributed by atoms with Crippen molar-refractivity contribution >= 4 is 11.9 Å². The Balaban J connectivity index is 2.85. The molecule has 0 atom stereocenters. The fourth-order valence-corrected chi connectivity index (χ4v) is 1.34. The maximum Gasteiger partial charge on any atom is 0.338 e. The Morgan fingerprint density at radius 3 is 2.61 bits per heavy atom. The van der Waals surface area contributed by atoms with E-state index in [2.05, 4.69) is 0 Å². The minimum atomic E-state index is -0.589. The second kappa shape index (κ2) is 6.61. The van der Waals surface area contributed by atoms with E-state index in [-0.39, 0.29) is 16.9 Å². The van der Waals surface area contributed by atoms with E-state index in [0.717, 1.165) is 12.8 Å². The molecule has 18 heavy (non-hydrogen) atoms. The first kappa shape index (κ1) is 14.0. The van der Waals surface area contributed by atoms with E-state index >= 15 is 0 Å². The van der Waals surface area contributed by atoms with Crippen LogP contribution in [0, 0.1) is 0 Å². The van der Waals surface area contributed by atoms with E-state index in [0.29, 0.717) is 6.61 Å². The van der Waals surface area contributed by atoms with Crippen molar-refractivity contribution in [3.05, 3.63) is 29.3 Å². The molecule has 1 aromatic rings. The number of aromatic hydroxyl groups is 1. The number of phenols is 1. The van der Waals surface area contributed by atoms with Gasteiger partial charge in [0.1, 0.15) is 5.75 Å². The molecule has 0 bridgehead atoms. The highest BCUT2D eigenvalue weighted by atomic mass is 16.5. The quantitative estimate of drug-likeness (QED) is 0.238. The molecule has 0 aromatic heterocycles. The number of hydrazine groups is 1. The van der Waals surface area contributed by atoms with Crippen molar-refractivity contribution in [2.24, 2.45) is 5.84 Å². The molecule has 0 aliphatic rings. The number of benzene rings is 1. The Morgan fingerprint density at radius 2 is 2.00 bits per heavy atom. The molecule has 1 rings (SSSR count). The second-order valence-corrected chi connectivity index (χ2v) is 3.73. The average Bonchev–Trinajstić information content (AvgIpc) is 2.37. The van der Waals surface area contributed by atoms with Crippen molar-refractivity contribution in [3.63, 3.8) is 0 Å². The predicted molar refractivity (Wildman–Crippen MR) is 65.0 cm³/mol. The van der Waals surface area contributed by atoms with E-state index in [9.17, 15) is 14.7 Å². The molecule has 0 unspecified atom stereocenters. The number of carbonyl (C=O) groups is 2. The van der Waals surface area contributed by atoms with Crippen molar-refractivity contribution in [3.8, 4) is 5.75 Å². The monoisotopic (exact) mass is 252 g/mol. The molecule has 1 amide bonds. The number of carbonyl (C=O) groups excluding carboxylic acids is 2. The number of amides is 1. The van der Waals surface area contributed by atoms with Crippen LogP contribution in [-0.4, -0.2) is 23.6 Å². The Morgan fingerprint density at radius 1 is 1.33 bits per heavy atom. The van der Waals surface area contributed by atoms with Crippen molar-refractivity contribution < 1.29 is 19.4 Å². The summed E-state index contributed by atoms with van der Waals surface area (Å²) in [5.74, 6) is 3.62. The minimum absolute atomic E-state index is 0.0972. The number of hydrogen-bond donors (Lipinski definition) is 3. The van der Waals surface area contributed by atoms with Crippen LogP contribution in [0.25, 0.3) is 0 Å². The number of nitrogens with two attached hydrogens (primary N) is 1. The van der Waals surface area contributed by atoms with Gasteiger partial charge in [0.15, 0.2) is 0 Å². The summed E-state index contributed by atoms with van der Waals surface area (Å²) in [6.45, 7) is 2.29. The zero-order valence-electron chi connectivity index (χ0n) is 10.1. The minimum Gasteiger partial charge on any atom is -0.508 e. The first-order valence-corrected chi connectivity index (χ1v) is 5.60. The summed E-state index contributed by atoms with van der Waals surface area (Å²) >= 11 is 0. The number of ether oxygens (including phenoxy) is 1. The van der Waals surface area contributed by atoms with Gasteiger partial charge in [0, 0.05) is 5.56 Å². The van der Waals surface area contributed by atoms with Gasteiger partial charge < -0.3 is 9.84 Å². The molecule has 0 heterocycles. The lowest BCUT2D eigenvalue weighted by atomic mass is 10.1. The van der Waals surface area contributed by atoms with Gasteiger partial charge in [-0.2, -0.15) is 0 Å². The van der Waals surface area contributed by atoms with E-state index < -0.39 is 11.9 Å². The third-order valence-electron chi connectivity index (χ3n) is 2.28. The van der Waals surface area contributed by atoms with E-state index in [1.165, 1.54) is 18.2 Å². The smallest absolute Gasteiger partial charge is 0.338 e. The molecule has 6 heteroatoms. The van der Waals surface area contributed by atoms with Crippen molar-refractivity contribution in [1.29, 1.82) is 0 Å². The van der Waals surface area contributed by atoms with E-state index in [4.69, 9.17) is 10.6 Å². The molecule has 0 fully saturated rings. The van der Waals surface area contributed by atoms with Crippen LogP contribution in [0.5, 0.6) is 5.75 Å². The number of hydrogen-bond acceptors (Lipinski definition) is 5. The van der Waals surface area contributed by atoms with Crippen LogP contribution in [0.1, 0.15) is 40.5 Å². The molecular formula is C12H16N2O4. The van der Waals surface area contributed by atoms with Gasteiger partial charge in [0.05, 0.1) is 12.2 Å². The van der Waals surface area contributed by atoms with Crippen LogP contribution in [0.15, 0.2) is 18.2 Å². The summed E-state index contributed by atoms with van der Waals surface area (Å²) in [6, 6.07) is 3.77. The molecule has 98 valence electrons. The van der Waals surface area contributed by atoms with Crippen LogP contribution in [0.4, 0.5) is 0 Å². The molecule has 4 N–H and O–H groups in total. The van der Waals surface area contributed by atoms with Gasteiger partial charge in [-0.3, -0.25) is 10.2 Å². The predicted octanol–water partition coefficient (Wildman–Crippen LogP) is 0.953. The van der Waals surface area contributed by atoms with Gasteiger partial charge in [0.25, 0.3) is 5.91 Å². The maximum atomic E-state index is 11.6. The van der Waals surface area contributed by atoms with Crippen LogP contribution in [0.2, 0.25) is 0 Å². The molecule has 0 aliphatic heterocycles. The molecule has 1 aromatic carbocycles. The van der Waals surface area contributed by atoms with E-state index in [1.807, 2.05) is 12.3 Å². The molecule has 0 saturated carbocycles. The highest BCUT2D eigenvalue weighted by Gasteiger charge is 2.13. The summed E-state index contributed by atoms with van der Waals surface area (Å²) in [4.78, 5) is 22.9. The van der Waals surface area contributed by atoms with Gasteiger partial charge in [-0.05, 0) is 24.6 Å². The Hall–Kier alpha value is -2.08. The number of nitrogen functional groups attached to an aromatic ring is 1. The van der Waals surface area contributed by atoms with Gasteiger partial charge in [-0.25, -0.2) is 10.6 Å².